The summed E-state index contributed by atoms with van der Waals surface area (Å²) in [5, 5.41) is 3.53. The van der Waals surface area contributed by atoms with Crippen LogP contribution in [0.4, 0.5) is 5.69 Å². The average molecular weight is 426 g/mol. The third kappa shape index (κ3) is 4.07. The summed E-state index contributed by atoms with van der Waals surface area (Å²) in [5.41, 5.74) is 2.07. The number of carbonyl (C=O) groups is 2. The molecule has 30 heavy (non-hydrogen) atoms. The minimum atomic E-state index is -3.71. The van der Waals surface area contributed by atoms with Crippen molar-refractivity contribution in [1.82, 2.24) is 15.0 Å². The van der Waals surface area contributed by atoms with Crippen LogP contribution in [0.1, 0.15) is 23.2 Å². The van der Waals surface area contributed by atoms with Gasteiger partial charge in [0.15, 0.2) is 0 Å². The van der Waals surface area contributed by atoms with Crippen LogP contribution in [0.2, 0.25) is 0 Å². The first kappa shape index (κ1) is 20.1. The Labute approximate surface area is 174 Å². The molecule has 3 aromatic rings. The van der Waals surface area contributed by atoms with Gasteiger partial charge in [0.05, 0.1) is 10.5 Å². The largest absolute Gasteiger partial charge is 0.360 e. The Bertz CT molecular complexity index is 1190. The summed E-state index contributed by atoms with van der Waals surface area (Å²) in [4.78, 5) is 29.0. The van der Waals surface area contributed by atoms with Crippen LogP contribution in [0.3, 0.4) is 0 Å². The number of benzene rings is 2. The number of para-hydroxylation sites is 1. The van der Waals surface area contributed by atoms with Crippen LogP contribution in [0, 0.1) is 0 Å². The lowest BCUT2D eigenvalue weighted by atomic mass is 10.1. The molecule has 1 aliphatic rings. The van der Waals surface area contributed by atoms with Gasteiger partial charge >= 0.3 is 0 Å². The summed E-state index contributed by atoms with van der Waals surface area (Å²) >= 11 is 0. The Balaban J connectivity index is 1.32. The minimum Gasteiger partial charge on any atom is -0.360 e. The molecule has 0 saturated carbocycles. The lowest BCUT2D eigenvalue weighted by Gasteiger charge is -2.16. The Hall–Kier alpha value is -3.17. The van der Waals surface area contributed by atoms with E-state index in [4.69, 9.17) is 0 Å². The van der Waals surface area contributed by atoms with E-state index in [0.29, 0.717) is 24.2 Å². The number of amides is 2. The van der Waals surface area contributed by atoms with E-state index in [-0.39, 0.29) is 29.8 Å². The fourth-order valence-electron chi connectivity index (χ4n) is 3.53. The monoisotopic (exact) mass is 426 g/mol. The summed E-state index contributed by atoms with van der Waals surface area (Å²) in [6.07, 6.45) is 2.97. The maximum absolute atomic E-state index is 12.5. The molecule has 3 N–H and O–H groups in total. The molecule has 2 heterocycles. The van der Waals surface area contributed by atoms with Crippen molar-refractivity contribution in [1.29, 1.82) is 0 Å². The Kier molecular flexibility index (Phi) is 5.56. The highest BCUT2D eigenvalue weighted by molar-refractivity contribution is 7.89. The van der Waals surface area contributed by atoms with Gasteiger partial charge in [-0.25, -0.2) is 13.1 Å². The van der Waals surface area contributed by atoms with Gasteiger partial charge in [0, 0.05) is 48.8 Å². The third-order valence-corrected chi connectivity index (χ3v) is 6.55. The zero-order chi connectivity index (χ0) is 21.1. The van der Waals surface area contributed by atoms with Crippen LogP contribution in [0.25, 0.3) is 10.9 Å². The smallest absolute Gasteiger partial charge is 0.253 e. The van der Waals surface area contributed by atoms with Gasteiger partial charge in [0.25, 0.3) is 5.91 Å². The second-order valence-electron chi connectivity index (χ2n) is 7.04. The van der Waals surface area contributed by atoms with Gasteiger partial charge in [0.2, 0.25) is 15.9 Å². The number of carbonyl (C=O) groups excluding carboxylic acids is 2. The first-order chi connectivity index (χ1) is 14.5. The van der Waals surface area contributed by atoms with Gasteiger partial charge in [-0.05, 0) is 36.8 Å². The first-order valence-electron chi connectivity index (χ1n) is 9.70. The minimum absolute atomic E-state index is 0.0506. The summed E-state index contributed by atoms with van der Waals surface area (Å²) in [5.74, 6) is -0.221. The van der Waals surface area contributed by atoms with Gasteiger partial charge in [0.1, 0.15) is 0 Å². The molecule has 0 aliphatic carbocycles. The number of nitrogens with zero attached hydrogens (tertiary/aromatic N) is 1. The molecule has 0 unspecified atom stereocenters. The molecule has 9 heteroatoms. The molecule has 156 valence electrons. The van der Waals surface area contributed by atoms with E-state index < -0.39 is 10.0 Å². The molecule has 0 atom stereocenters. The maximum Gasteiger partial charge on any atom is 0.253 e. The standard InChI is InChI=1S/C21H22N4O4S/c26-20-6-3-13-25(20)15-7-9-16(10-8-15)30(28,29)24-12-11-22-21(27)18-14-23-19-5-2-1-4-17(18)19/h1-2,4-5,7-10,14,23-24H,3,6,11-13H2,(H,22,27). The molecule has 0 spiro atoms. The van der Waals surface area contributed by atoms with Crippen molar-refractivity contribution in [2.24, 2.45) is 0 Å². The van der Waals surface area contributed by atoms with E-state index in [1.165, 1.54) is 12.1 Å². The zero-order valence-corrected chi connectivity index (χ0v) is 17.0. The third-order valence-electron chi connectivity index (χ3n) is 5.07. The fraction of sp³-hybridized carbons (Fsp3) is 0.238. The van der Waals surface area contributed by atoms with E-state index in [1.54, 1.807) is 23.2 Å². The van der Waals surface area contributed by atoms with Crippen molar-refractivity contribution in [2.45, 2.75) is 17.7 Å². The molecular formula is C21H22N4O4S. The summed E-state index contributed by atoms with van der Waals surface area (Å²) in [6, 6.07) is 13.7. The second kappa shape index (κ2) is 8.29. The van der Waals surface area contributed by atoms with Crippen molar-refractivity contribution in [2.75, 3.05) is 24.5 Å². The number of sulfonamides is 1. The van der Waals surface area contributed by atoms with Crippen molar-refractivity contribution in [3.63, 3.8) is 0 Å². The Morgan fingerprint density at radius 1 is 1.07 bits per heavy atom. The molecule has 2 amide bonds. The van der Waals surface area contributed by atoms with E-state index in [0.717, 1.165) is 17.3 Å². The number of nitrogens with one attached hydrogen (secondary N) is 3. The first-order valence-corrected chi connectivity index (χ1v) is 11.2. The normalized spacial score (nSPS) is 14.4. The lowest BCUT2D eigenvalue weighted by Crippen LogP contribution is -2.34. The number of aromatic nitrogens is 1. The zero-order valence-electron chi connectivity index (χ0n) is 16.2. The molecule has 0 bridgehead atoms. The van der Waals surface area contributed by atoms with E-state index in [1.807, 2.05) is 24.3 Å². The molecule has 0 radical (unpaired) electrons. The second-order valence-corrected chi connectivity index (χ2v) is 8.81. The van der Waals surface area contributed by atoms with E-state index in [9.17, 15) is 18.0 Å². The maximum atomic E-state index is 12.5. The number of H-pyrrole nitrogens is 1. The molecule has 2 aromatic carbocycles. The molecule has 1 aromatic heterocycles. The predicted molar refractivity (Wildman–Crippen MR) is 114 cm³/mol. The average Bonchev–Trinajstić information content (AvgIpc) is 3.37. The number of hydrogen-bond acceptors (Lipinski definition) is 4. The molecule has 1 fully saturated rings. The van der Waals surface area contributed by atoms with Crippen LogP contribution < -0.4 is 14.9 Å². The van der Waals surface area contributed by atoms with Crippen molar-refractivity contribution < 1.29 is 18.0 Å². The van der Waals surface area contributed by atoms with Gasteiger partial charge < -0.3 is 15.2 Å². The SMILES string of the molecule is O=C(NCCNS(=O)(=O)c1ccc(N2CCCC2=O)cc1)c1c[nH]c2ccccc12. The fourth-order valence-corrected chi connectivity index (χ4v) is 4.56. The van der Waals surface area contributed by atoms with E-state index >= 15 is 0 Å². The number of anilines is 1. The van der Waals surface area contributed by atoms with Crippen molar-refractivity contribution >= 4 is 38.4 Å². The van der Waals surface area contributed by atoms with Gasteiger partial charge in [-0.1, -0.05) is 18.2 Å². The van der Waals surface area contributed by atoms with Crippen LogP contribution >= 0.6 is 0 Å². The van der Waals surface area contributed by atoms with Crippen LogP contribution in [-0.2, 0) is 14.8 Å². The topological polar surface area (TPSA) is 111 Å². The highest BCUT2D eigenvalue weighted by atomic mass is 32.2. The molecule has 1 aliphatic heterocycles. The Morgan fingerprint density at radius 3 is 2.57 bits per heavy atom. The molecule has 4 rings (SSSR count). The molecule has 1 saturated heterocycles. The molecular weight excluding hydrogens is 404 g/mol. The summed E-state index contributed by atoms with van der Waals surface area (Å²) < 4.78 is 27.4. The number of hydrogen-bond donors (Lipinski definition) is 3. The Morgan fingerprint density at radius 2 is 1.83 bits per heavy atom. The molecule has 8 nitrogen and oxygen atoms in total. The quantitative estimate of drug-likeness (QED) is 0.502. The highest BCUT2D eigenvalue weighted by Gasteiger charge is 2.22. The summed E-state index contributed by atoms with van der Waals surface area (Å²) in [6.45, 7) is 0.861. The van der Waals surface area contributed by atoms with Gasteiger partial charge in [-0.3, -0.25) is 9.59 Å². The van der Waals surface area contributed by atoms with Gasteiger partial charge in [-0.15, -0.1) is 0 Å². The lowest BCUT2D eigenvalue weighted by molar-refractivity contribution is -0.117. The summed E-state index contributed by atoms with van der Waals surface area (Å²) in [7, 11) is -3.71. The number of rotatable bonds is 7. The van der Waals surface area contributed by atoms with Crippen LogP contribution in [-0.4, -0.2) is 44.9 Å². The van der Waals surface area contributed by atoms with Crippen molar-refractivity contribution in [3.8, 4) is 0 Å². The number of fused-ring (bicyclic) bond motifs is 1. The van der Waals surface area contributed by atoms with Crippen LogP contribution in [0.5, 0.6) is 0 Å². The highest BCUT2D eigenvalue weighted by Crippen LogP contribution is 2.23. The van der Waals surface area contributed by atoms with Crippen LogP contribution in [0.15, 0.2) is 59.6 Å². The number of aromatic amines is 1. The predicted octanol–water partition coefficient (Wildman–Crippen LogP) is 2.00. The van der Waals surface area contributed by atoms with Crippen molar-refractivity contribution in [3.05, 3.63) is 60.3 Å². The van der Waals surface area contributed by atoms with Gasteiger partial charge in [-0.2, -0.15) is 0 Å². The van der Waals surface area contributed by atoms with E-state index in [2.05, 4.69) is 15.0 Å².